The largest absolute Gasteiger partial charge is 0.480 e. The van der Waals surface area contributed by atoms with Crippen molar-refractivity contribution < 1.29 is 24.3 Å². The summed E-state index contributed by atoms with van der Waals surface area (Å²) in [7, 11) is 0. The van der Waals surface area contributed by atoms with Crippen molar-refractivity contribution >= 4 is 23.7 Å². The van der Waals surface area contributed by atoms with Gasteiger partial charge in [-0.05, 0) is 25.3 Å². The molecule has 0 spiro atoms. The van der Waals surface area contributed by atoms with Gasteiger partial charge in [0.2, 0.25) is 17.7 Å². The van der Waals surface area contributed by atoms with Crippen molar-refractivity contribution in [2.24, 2.45) is 11.7 Å². The van der Waals surface area contributed by atoms with Crippen molar-refractivity contribution in [1.82, 2.24) is 16.0 Å². The molecular formula is C21H32N4O5. The van der Waals surface area contributed by atoms with E-state index in [0.29, 0.717) is 6.42 Å². The number of rotatable bonds is 11. The van der Waals surface area contributed by atoms with E-state index in [9.17, 15) is 19.2 Å². The minimum Gasteiger partial charge on any atom is -0.480 e. The Bertz CT molecular complexity index is 738. The van der Waals surface area contributed by atoms with Gasteiger partial charge in [0.25, 0.3) is 0 Å². The summed E-state index contributed by atoms with van der Waals surface area (Å²) in [6.45, 7) is 6.54. The van der Waals surface area contributed by atoms with Crippen molar-refractivity contribution in [3.05, 3.63) is 35.9 Å². The fourth-order valence-electron chi connectivity index (χ4n) is 2.68. The summed E-state index contributed by atoms with van der Waals surface area (Å²) >= 11 is 0. The maximum atomic E-state index is 13.0. The van der Waals surface area contributed by atoms with Gasteiger partial charge < -0.3 is 26.8 Å². The van der Waals surface area contributed by atoms with E-state index in [4.69, 9.17) is 10.8 Å². The molecule has 6 N–H and O–H groups in total. The second-order valence-electron chi connectivity index (χ2n) is 7.48. The average molecular weight is 421 g/mol. The van der Waals surface area contributed by atoms with Crippen LogP contribution in [-0.4, -0.2) is 53.0 Å². The third-order valence-corrected chi connectivity index (χ3v) is 4.85. The van der Waals surface area contributed by atoms with Crippen LogP contribution in [0, 0.1) is 5.92 Å². The Hall–Kier alpha value is -2.94. The number of carboxylic acid groups (broad SMARTS) is 1. The lowest BCUT2D eigenvalue weighted by atomic mass is 9.96. The highest BCUT2D eigenvalue weighted by Gasteiger charge is 2.31. The predicted molar refractivity (Wildman–Crippen MR) is 112 cm³/mol. The summed E-state index contributed by atoms with van der Waals surface area (Å²) in [6, 6.07) is 5.24. The molecule has 0 aromatic heterocycles. The minimum atomic E-state index is -1.19. The normalized spacial score (nSPS) is 15.8. The topological polar surface area (TPSA) is 151 Å². The molecular weight excluding hydrogens is 388 g/mol. The molecule has 5 unspecified atom stereocenters. The van der Waals surface area contributed by atoms with Crippen LogP contribution in [0.25, 0.3) is 0 Å². The first-order valence-corrected chi connectivity index (χ1v) is 10.00. The van der Waals surface area contributed by atoms with Crippen molar-refractivity contribution in [3.63, 3.8) is 0 Å². The Morgan fingerprint density at radius 2 is 1.53 bits per heavy atom. The third kappa shape index (κ3) is 7.82. The number of amides is 3. The van der Waals surface area contributed by atoms with Crippen molar-refractivity contribution in [1.29, 1.82) is 0 Å². The maximum absolute atomic E-state index is 13.0. The zero-order valence-corrected chi connectivity index (χ0v) is 17.8. The van der Waals surface area contributed by atoms with Crippen LogP contribution in [0.2, 0.25) is 0 Å². The Labute approximate surface area is 176 Å². The average Bonchev–Trinajstić information content (AvgIpc) is 2.70. The molecule has 0 aliphatic rings. The molecule has 0 saturated carbocycles. The van der Waals surface area contributed by atoms with Crippen LogP contribution >= 0.6 is 0 Å². The van der Waals surface area contributed by atoms with Gasteiger partial charge in [0.1, 0.15) is 18.1 Å². The van der Waals surface area contributed by atoms with Crippen molar-refractivity contribution in [2.75, 3.05) is 0 Å². The van der Waals surface area contributed by atoms with Gasteiger partial charge in [-0.15, -0.1) is 0 Å². The molecule has 1 aromatic carbocycles. The summed E-state index contributed by atoms with van der Waals surface area (Å²) in [5, 5.41) is 16.8. The van der Waals surface area contributed by atoms with Crippen LogP contribution in [0.3, 0.4) is 0 Å². The van der Waals surface area contributed by atoms with Gasteiger partial charge in [0.05, 0.1) is 6.04 Å². The molecule has 9 heteroatoms. The molecule has 0 bridgehead atoms. The lowest BCUT2D eigenvalue weighted by Gasteiger charge is -2.27. The van der Waals surface area contributed by atoms with Gasteiger partial charge in [-0.2, -0.15) is 0 Å². The van der Waals surface area contributed by atoms with Crippen LogP contribution in [0.4, 0.5) is 0 Å². The molecule has 0 fully saturated rings. The van der Waals surface area contributed by atoms with E-state index in [1.165, 1.54) is 13.8 Å². The lowest BCUT2D eigenvalue weighted by Crippen LogP contribution is -2.58. The number of benzene rings is 1. The van der Waals surface area contributed by atoms with Gasteiger partial charge in [-0.3, -0.25) is 19.2 Å². The van der Waals surface area contributed by atoms with Gasteiger partial charge in [-0.25, -0.2) is 0 Å². The Balaban J connectivity index is 3.05. The smallest absolute Gasteiger partial charge is 0.325 e. The number of carbonyl (C=O) groups is 4. The van der Waals surface area contributed by atoms with Gasteiger partial charge in [0.15, 0.2) is 0 Å². The standard InChI is InChI=1S/C21H32N4O5/c1-5-12(2)17(25-18(26)13(3)22)20(28)24-16(11-15-9-7-6-8-10-15)19(27)23-14(4)21(29)30/h6-10,12-14,16-17H,5,11,22H2,1-4H3,(H,23,27)(H,24,28)(H,25,26)(H,29,30). The van der Waals surface area contributed by atoms with Crippen LogP contribution in [0.15, 0.2) is 30.3 Å². The number of carboxylic acids is 1. The van der Waals surface area contributed by atoms with Gasteiger partial charge in [-0.1, -0.05) is 50.6 Å². The fourth-order valence-corrected chi connectivity index (χ4v) is 2.68. The second-order valence-corrected chi connectivity index (χ2v) is 7.48. The van der Waals surface area contributed by atoms with E-state index in [0.717, 1.165) is 5.56 Å². The SMILES string of the molecule is CCC(C)C(NC(=O)C(C)N)C(=O)NC(Cc1ccccc1)C(=O)NC(C)C(=O)O. The van der Waals surface area contributed by atoms with Crippen molar-refractivity contribution in [3.8, 4) is 0 Å². The zero-order valence-electron chi connectivity index (χ0n) is 17.8. The molecule has 0 aliphatic heterocycles. The maximum Gasteiger partial charge on any atom is 0.325 e. The van der Waals surface area contributed by atoms with Gasteiger partial charge >= 0.3 is 5.97 Å². The third-order valence-electron chi connectivity index (χ3n) is 4.85. The van der Waals surface area contributed by atoms with E-state index in [1.54, 1.807) is 24.3 Å². The molecule has 30 heavy (non-hydrogen) atoms. The quantitative estimate of drug-likeness (QED) is 0.345. The van der Waals surface area contributed by atoms with Gasteiger partial charge in [0, 0.05) is 6.42 Å². The molecule has 3 amide bonds. The molecule has 1 aromatic rings. The lowest BCUT2D eigenvalue weighted by molar-refractivity contribution is -0.141. The summed E-state index contributed by atoms with van der Waals surface area (Å²) < 4.78 is 0. The molecule has 166 valence electrons. The number of hydrogen-bond acceptors (Lipinski definition) is 5. The summed E-state index contributed by atoms with van der Waals surface area (Å²) in [6.07, 6.45) is 0.780. The van der Waals surface area contributed by atoms with Crippen molar-refractivity contribution in [2.45, 2.75) is 64.7 Å². The van der Waals surface area contributed by atoms with Crippen LogP contribution in [0.5, 0.6) is 0 Å². The van der Waals surface area contributed by atoms with E-state index in [-0.39, 0.29) is 12.3 Å². The summed E-state index contributed by atoms with van der Waals surface area (Å²) in [5.74, 6) is -3.01. The first-order chi connectivity index (χ1) is 14.1. The van der Waals surface area contributed by atoms with Crippen LogP contribution in [0.1, 0.15) is 39.7 Å². The molecule has 9 nitrogen and oxygen atoms in total. The van der Waals surface area contributed by atoms with E-state index >= 15 is 0 Å². The predicted octanol–water partition coefficient (Wildman–Crippen LogP) is 0.181. The summed E-state index contributed by atoms with van der Waals surface area (Å²) in [5.41, 5.74) is 6.39. The van der Waals surface area contributed by atoms with E-state index in [1.807, 2.05) is 19.9 Å². The number of nitrogens with two attached hydrogens (primary N) is 1. The Kier molecular flexibility index (Phi) is 9.97. The number of aliphatic carboxylic acids is 1. The molecule has 0 radical (unpaired) electrons. The first-order valence-electron chi connectivity index (χ1n) is 10.00. The molecule has 0 saturated heterocycles. The molecule has 0 aliphatic carbocycles. The first kappa shape index (κ1) is 25.1. The van der Waals surface area contributed by atoms with E-state index < -0.39 is 47.9 Å². The highest BCUT2D eigenvalue weighted by Crippen LogP contribution is 2.10. The fraction of sp³-hybridized carbons (Fsp3) is 0.524. The monoisotopic (exact) mass is 420 g/mol. The number of nitrogens with one attached hydrogen (secondary N) is 3. The summed E-state index contributed by atoms with van der Waals surface area (Å²) in [4.78, 5) is 48.8. The molecule has 5 atom stereocenters. The van der Waals surface area contributed by atoms with E-state index in [2.05, 4.69) is 16.0 Å². The highest BCUT2D eigenvalue weighted by atomic mass is 16.4. The molecule has 1 rings (SSSR count). The number of carbonyl (C=O) groups excluding carboxylic acids is 3. The Morgan fingerprint density at radius 3 is 2.03 bits per heavy atom. The number of hydrogen-bond donors (Lipinski definition) is 5. The minimum absolute atomic E-state index is 0.166. The zero-order chi connectivity index (χ0) is 22.8. The highest BCUT2D eigenvalue weighted by molar-refractivity contribution is 5.94. The molecule has 0 heterocycles. The van der Waals surface area contributed by atoms with Crippen LogP contribution < -0.4 is 21.7 Å². The van der Waals surface area contributed by atoms with Crippen LogP contribution in [-0.2, 0) is 25.6 Å². The Morgan fingerprint density at radius 1 is 0.933 bits per heavy atom. The second kappa shape index (κ2) is 11.9.